The van der Waals surface area contributed by atoms with Gasteiger partial charge in [-0.25, -0.2) is 4.98 Å². The zero-order chi connectivity index (χ0) is 12.6. The minimum Gasteiger partial charge on any atom is -0.233 e. The fraction of sp³-hybridized carbons (Fsp3) is 0.250. The minimum absolute atomic E-state index is 0.138. The van der Waals surface area contributed by atoms with E-state index >= 15 is 0 Å². The van der Waals surface area contributed by atoms with E-state index in [1.54, 1.807) is 0 Å². The van der Waals surface area contributed by atoms with Gasteiger partial charge in [0.05, 0.1) is 5.56 Å². The van der Waals surface area contributed by atoms with E-state index in [-0.39, 0.29) is 12.1 Å². The molecule has 0 saturated carbocycles. The number of aromatic nitrogens is 1. The van der Waals surface area contributed by atoms with Crippen molar-refractivity contribution in [3.63, 3.8) is 0 Å². The van der Waals surface area contributed by atoms with E-state index in [1.807, 2.05) is 0 Å². The van der Waals surface area contributed by atoms with Gasteiger partial charge in [0, 0.05) is 0 Å². The first-order valence-electron chi connectivity index (χ1n) is 3.71. The minimum atomic E-state index is -5.02. The normalized spacial score (nSPS) is 12.3. The molecule has 0 N–H and O–H groups in total. The molecule has 0 bridgehead atoms. The number of rotatable bonds is 0. The van der Waals surface area contributed by atoms with Crippen molar-refractivity contribution in [2.45, 2.75) is 12.4 Å². The average molecular weight is 240 g/mol. The van der Waals surface area contributed by atoms with Gasteiger partial charge < -0.3 is 0 Å². The second kappa shape index (κ2) is 3.66. The number of pyridine rings is 1. The summed E-state index contributed by atoms with van der Waals surface area (Å²) in [5.41, 5.74) is -4.22. The Morgan fingerprint density at radius 1 is 1.00 bits per heavy atom. The third-order valence-electron chi connectivity index (χ3n) is 1.56. The molecule has 8 heteroatoms. The van der Waals surface area contributed by atoms with E-state index < -0.39 is 29.3 Å². The molecule has 16 heavy (non-hydrogen) atoms. The molecule has 0 saturated heterocycles. The summed E-state index contributed by atoms with van der Waals surface area (Å²) in [6.07, 6.45) is -9.97. The van der Waals surface area contributed by atoms with Gasteiger partial charge in [0.2, 0.25) is 0 Å². The van der Waals surface area contributed by atoms with Crippen molar-refractivity contribution >= 4 is 0 Å². The van der Waals surface area contributed by atoms with Crippen molar-refractivity contribution in [1.82, 2.24) is 4.98 Å². The van der Waals surface area contributed by atoms with Gasteiger partial charge in [-0.1, -0.05) is 0 Å². The van der Waals surface area contributed by atoms with Crippen LogP contribution in [0.4, 0.5) is 26.3 Å². The molecule has 0 atom stereocenters. The molecule has 0 fully saturated rings. The molecule has 0 amide bonds. The quantitative estimate of drug-likeness (QED) is 0.653. The molecular weight excluding hydrogens is 238 g/mol. The maximum absolute atomic E-state index is 12.2. The maximum Gasteiger partial charge on any atom is 0.433 e. The van der Waals surface area contributed by atoms with Crippen LogP contribution in [0.15, 0.2) is 12.1 Å². The third kappa shape index (κ3) is 2.62. The van der Waals surface area contributed by atoms with Crippen LogP contribution < -0.4 is 0 Å². The molecule has 1 aromatic rings. The fourth-order valence-corrected chi connectivity index (χ4v) is 0.897. The van der Waals surface area contributed by atoms with E-state index in [1.165, 1.54) is 0 Å². The Labute approximate surface area is 85.1 Å². The molecular formula is C8H2F6N2. The van der Waals surface area contributed by atoms with Crippen LogP contribution in [-0.2, 0) is 12.4 Å². The van der Waals surface area contributed by atoms with Gasteiger partial charge in [0.25, 0.3) is 0 Å². The standard InChI is InChI=1S/C8H2F6N2/c9-7(10,11)4-1-5(3-15)16-6(2-4)8(12,13)14/h1-2H. The largest absolute Gasteiger partial charge is 0.433 e. The fourth-order valence-electron chi connectivity index (χ4n) is 0.897. The molecule has 0 aliphatic rings. The van der Waals surface area contributed by atoms with E-state index in [0.717, 1.165) is 6.07 Å². The molecule has 1 heterocycles. The Morgan fingerprint density at radius 3 is 1.94 bits per heavy atom. The molecule has 0 radical (unpaired) electrons. The van der Waals surface area contributed by atoms with E-state index in [2.05, 4.69) is 4.98 Å². The van der Waals surface area contributed by atoms with E-state index in [9.17, 15) is 26.3 Å². The zero-order valence-electron chi connectivity index (χ0n) is 7.32. The van der Waals surface area contributed by atoms with Crippen molar-refractivity contribution in [2.24, 2.45) is 0 Å². The van der Waals surface area contributed by atoms with Crippen LogP contribution in [0.25, 0.3) is 0 Å². The van der Waals surface area contributed by atoms with Gasteiger partial charge >= 0.3 is 12.4 Å². The van der Waals surface area contributed by atoms with Gasteiger partial charge in [0.15, 0.2) is 0 Å². The first-order valence-corrected chi connectivity index (χ1v) is 3.71. The number of nitriles is 1. The predicted octanol–water partition coefficient (Wildman–Crippen LogP) is 2.99. The van der Waals surface area contributed by atoms with Crippen LogP contribution in [0.5, 0.6) is 0 Å². The van der Waals surface area contributed by atoms with Crippen molar-refractivity contribution in [2.75, 3.05) is 0 Å². The summed E-state index contributed by atoms with van der Waals surface area (Å²) in [6.45, 7) is 0. The van der Waals surface area contributed by atoms with Gasteiger partial charge in [-0.2, -0.15) is 31.6 Å². The first kappa shape index (κ1) is 12.3. The molecule has 0 unspecified atom stereocenters. The smallest absolute Gasteiger partial charge is 0.233 e. The van der Waals surface area contributed by atoms with Gasteiger partial charge in [-0.3, -0.25) is 0 Å². The Balaban J connectivity index is 3.41. The molecule has 0 aliphatic carbocycles. The summed E-state index contributed by atoms with van der Waals surface area (Å²) in [5.74, 6) is 0. The average Bonchev–Trinajstić information content (AvgIpc) is 2.14. The van der Waals surface area contributed by atoms with Crippen molar-refractivity contribution < 1.29 is 26.3 Å². The lowest BCUT2D eigenvalue weighted by molar-refractivity contribution is -0.145. The number of alkyl halides is 6. The summed E-state index contributed by atoms with van der Waals surface area (Å²) in [4.78, 5) is 2.75. The van der Waals surface area contributed by atoms with Crippen LogP contribution in [-0.4, -0.2) is 4.98 Å². The Morgan fingerprint density at radius 2 is 1.56 bits per heavy atom. The Kier molecular flexibility index (Phi) is 2.81. The Bertz CT molecular complexity index is 407. The topological polar surface area (TPSA) is 36.7 Å². The van der Waals surface area contributed by atoms with Gasteiger partial charge in [-0.05, 0) is 12.1 Å². The van der Waals surface area contributed by atoms with Crippen molar-refractivity contribution in [1.29, 1.82) is 5.26 Å². The SMILES string of the molecule is N#Cc1cc(C(F)(F)F)cc(C(F)(F)F)n1. The lowest BCUT2D eigenvalue weighted by atomic mass is 10.2. The van der Waals surface area contributed by atoms with Crippen LogP contribution in [0.3, 0.4) is 0 Å². The van der Waals surface area contributed by atoms with Gasteiger partial charge in [-0.15, -0.1) is 0 Å². The zero-order valence-corrected chi connectivity index (χ0v) is 7.32. The molecule has 0 spiro atoms. The molecule has 0 aliphatic heterocycles. The predicted molar refractivity (Wildman–Crippen MR) is 39.0 cm³/mol. The van der Waals surface area contributed by atoms with Crippen molar-refractivity contribution in [3.8, 4) is 6.07 Å². The van der Waals surface area contributed by atoms with Crippen LogP contribution in [0.2, 0.25) is 0 Å². The molecule has 86 valence electrons. The summed E-state index contributed by atoms with van der Waals surface area (Å²) in [7, 11) is 0. The lowest BCUT2D eigenvalue weighted by Gasteiger charge is -2.10. The number of hydrogen-bond acceptors (Lipinski definition) is 2. The number of nitrogens with zero attached hydrogens (tertiary/aromatic N) is 2. The van der Waals surface area contributed by atoms with Crippen LogP contribution in [0, 0.1) is 11.3 Å². The third-order valence-corrected chi connectivity index (χ3v) is 1.56. The second-order valence-electron chi connectivity index (χ2n) is 2.73. The Hall–Kier alpha value is -1.78. The maximum atomic E-state index is 12.2. The summed E-state index contributed by atoms with van der Waals surface area (Å²) in [6, 6.07) is 1.26. The molecule has 2 nitrogen and oxygen atoms in total. The van der Waals surface area contributed by atoms with Gasteiger partial charge in [0.1, 0.15) is 17.5 Å². The highest BCUT2D eigenvalue weighted by molar-refractivity contribution is 5.31. The van der Waals surface area contributed by atoms with Crippen LogP contribution in [0.1, 0.15) is 17.0 Å². The second-order valence-corrected chi connectivity index (χ2v) is 2.73. The summed E-state index contributed by atoms with van der Waals surface area (Å²) < 4.78 is 72.9. The number of hydrogen-bond donors (Lipinski definition) is 0. The highest BCUT2D eigenvalue weighted by Gasteiger charge is 2.38. The van der Waals surface area contributed by atoms with E-state index in [0.29, 0.717) is 0 Å². The highest BCUT2D eigenvalue weighted by Crippen LogP contribution is 2.34. The van der Waals surface area contributed by atoms with Crippen LogP contribution >= 0.6 is 0 Å². The molecule has 1 rings (SSSR count). The highest BCUT2D eigenvalue weighted by atomic mass is 19.4. The first-order chi connectivity index (χ1) is 7.14. The summed E-state index contributed by atoms with van der Waals surface area (Å²) >= 11 is 0. The summed E-state index contributed by atoms with van der Waals surface area (Å²) in [5, 5.41) is 8.27. The number of halogens is 6. The van der Waals surface area contributed by atoms with E-state index in [4.69, 9.17) is 5.26 Å². The monoisotopic (exact) mass is 240 g/mol. The molecule has 0 aromatic carbocycles. The lowest BCUT2D eigenvalue weighted by Crippen LogP contribution is -2.13. The molecule has 1 aromatic heterocycles. The van der Waals surface area contributed by atoms with Crippen molar-refractivity contribution in [3.05, 3.63) is 29.1 Å².